The van der Waals surface area contributed by atoms with Crippen LogP contribution in [0.3, 0.4) is 0 Å². The summed E-state index contributed by atoms with van der Waals surface area (Å²) in [4.78, 5) is 0.197. The van der Waals surface area contributed by atoms with Crippen LogP contribution in [0, 0.1) is 0 Å². The van der Waals surface area contributed by atoms with Crippen LogP contribution < -0.4 is 0 Å². The topological polar surface area (TPSA) is 13.1 Å². The monoisotopic (exact) mass is 346 g/mol. The molecule has 1 aliphatic rings. The molecule has 1 unspecified atom stereocenters. The summed E-state index contributed by atoms with van der Waals surface area (Å²) in [7, 11) is 0. The molecule has 0 amide bonds. The maximum Gasteiger partial charge on any atom is 0.0949 e. The fourth-order valence-electron chi connectivity index (χ4n) is 3.38. The Bertz CT molecular complexity index is 638. The van der Waals surface area contributed by atoms with E-state index in [1.165, 1.54) is 35.1 Å². The second kappa shape index (κ2) is 5.01. The lowest BCUT2D eigenvalue weighted by Gasteiger charge is -2.42. The van der Waals surface area contributed by atoms with Crippen molar-refractivity contribution in [2.45, 2.75) is 56.2 Å². The van der Waals surface area contributed by atoms with Gasteiger partial charge in [0.25, 0.3) is 0 Å². The van der Waals surface area contributed by atoms with Gasteiger partial charge in [-0.05, 0) is 46.4 Å². The average Bonchev–Trinajstić information content (AvgIpc) is 2.97. The molecule has 1 nitrogen and oxygen atoms in total. The van der Waals surface area contributed by atoms with Crippen LogP contribution in [-0.2, 0) is 10.8 Å². The standard InChI is InChI=1S/C19H23BrO/c1-18(2)8-9-19(3,4)16-11-13(5-6-15(16)18)17(20)14-7-10-21-12-14/h5-7,10-12,17H,8-9H2,1-4H3. The van der Waals surface area contributed by atoms with Crippen LogP contribution in [0.4, 0.5) is 0 Å². The van der Waals surface area contributed by atoms with Crippen molar-refractivity contribution in [3.05, 3.63) is 59.0 Å². The summed E-state index contributed by atoms with van der Waals surface area (Å²) in [5, 5.41) is 0. The Kier molecular flexibility index (Phi) is 3.56. The third kappa shape index (κ3) is 2.59. The van der Waals surface area contributed by atoms with E-state index < -0.39 is 0 Å². The van der Waals surface area contributed by atoms with Crippen molar-refractivity contribution >= 4 is 15.9 Å². The van der Waals surface area contributed by atoms with Gasteiger partial charge in [0, 0.05) is 5.56 Å². The molecule has 112 valence electrons. The van der Waals surface area contributed by atoms with E-state index in [4.69, 9.17) is 4.42 Å². The molecule has 1 atom stereocenters. The first-order valence-corrected chi connectivity index (χ1v) is 8.54. The van der Waals surface area contributed by atoms with Crippen molar-refractivity contribution in [2.75, 3.05) is 0 Å². The Labute approximate surface area is 135 Å². The number of alkyl halides is 1. The first kappa shape index (κ1) is 14.9. The average molecular weight is 347 g/mol. The highest BCUT2D eigenvalue weighted by molar-refractivity contribution is 9.09. The van der Waals surface area contributed by atoms with Gasteiger partial charge in [-0.15, -0.1) is 0 Å². The van der Waals surface area contributed by atoms with Gasteiger partial charge in [0.2, 0.25) is 0 Å². The Hall–Kier alpha value is -1.02. The zero-order chi connectivity index (χ0) is 15.3. The lowest BCUT2D eigenvalue weighted by molar-refractivity contribution is 0.331. The zero-order valence-corrected chi connectivity index (χ0v) is 14.8. The Morgan fingerprint density at radius 2 is 1.62 bits per heavy atom. The lowest BCUT2D eigenvalue weighted by atomic mass is 9.63. The predicted octanol–water partition coefficient (Wildman–Crippen LogP) is 6.11. The minimum atomic E-state index is 0.197. The molecule has 2 heteroatoms. The number of hydrogen-bond acceptors (Lipinski definition) is 1. The van der Waals surface area contributed by atoms with Gasteiger partial charge in [0.05, 0.1) is 17.4 Å². The first-order valence-electron chi connectivity index (χ1n) is 7.62. The van der Waals surface area contributed by atoms with Crippen molar-refractivity contribution in [1.82, 2.24) is 0 Å². The van der Waals surface area contributed by atoms with Gasteiger partial charge in [0.15, 0.2) is 0 Å². The Morgan fingerprint density at radius 1 is 0.952 bits per heavy atom. The number of halogens is 1. The van der Waals surface area contributed by atoms with Crippen molar-refractivity contribution < 1.29 is 4.42 Å². The van der Waals surface area contributed by atoms with Crippen molar-refractivity contribution in [3.8, 4) is 0 Å². The zero-order valence-electron chi connectivity index (χ0n) is 13.2. The second-order valence-electron chi connectivity index (χ2n) is 7.49. The van der Waals surface area contributed by atoms with E-state index in [0.29, 0.717) is 0 Å². The molecule has 21 heavy (non-hydrogen) atoms. The molecule has 1 aromatic heterocycles. The summed E-state index contributed by atoms with van der Waals surface area (Å²) >= 11 is 3.81. The number of benzene rings is 1. The molecular formula is C19H23BrO. The van der Waals surface area contributed by atoms with E-state index in [0.717, 1.165) is 0 Å². The Balaban J connectivity index is 2.08. The van der Waals surface area contributed by atoms with Crippen molar-refractivity contribution in [2.24, 2.45) is 0 Å². The lowest BCUT2D eigenvalue weighted by Crippen LogP contribution is -2.33. The number of hydrogen-bond donors (Lipinski definition) is 0. The van der Waals surface area contributed by atoms with Gasteiger partial charge in [-0.25, -0.2) is 0 Å². The molecule has 0 radical (unpaired) electrons. The molecular weight excluding hydrogens is 324 g/mol. The van der Waals surface area contributed by atoms with Gasteiger partial charge in [0.1, 0.15) is 0 Å². The minimum Gasteiger partial charge on any atom is -0.472 e. The molecule has 0 N–H and O–H groups in total. The van der Waals surface area contributed by atoms with E-state index in [9.17, 15) is 0 Å². The third-order valence-electron chi connectivity index (χ3n) is 5.01. The summed E-state index contributed by atoms with van der Waals surface area (Å²) < 4.78 is 5.21. The van der Waals surface area contributed by atoms with Gasteiger partial charge in [-0.1, -0.05) is 61.8 Å². The van der Waals surface area contributed by atoms with Crippen LogP contribution in [-0.4, -0.2) is 0 Å². The SMILES string of the molecule is CC1(C)CCC(C)(C)c2cc(C(Br)c3ccoc3)ccc21. The van der Waals surface area contributed by atoms with Crippen LogP contribution >= 0.6 is 15.9 Å². The molecule has 1 heterocycles. The third-order valence-corrected chi connectivity index (χ3v) is 6.06. The smallest absolute Gasteiger partial charge is 0.0949 e. The first-order chi connectivity index (χ1) is 9.81. The highest BCUT2D eigenvalue weighted by Gasteiger charge is 2.37. The molecule has 0 saturated heterocycles. The summed E-state index contributed by atoms with van der Waals surface area (Å²) in [6, 6.07) is 9.00. The molecule has 1 aromatic carbocycles. The quantitative estimate of drug-likeness (QED) is 0.597. The predicted molar refractivity (Wildman–Crippen MR) is 91.2 cm³/mol. The van der Waals surface area contributed by atoms with E-state index >= 15 is 0 Å². The number of fused-ring (bicyclic) bond motifs is 1. The van der Waals surface area contributed by atoms with Crippen LogP contribution in [0.1, 0.15) is 67.6 Å². The van der Waals surface area contributed by atoms with Crippen molar-refractivity contribution in [1.29, 1.82) is 0 Å². The van der Waals surface area contributed by atoms with Crippen LogP contribution in [0.25, 0.3) is 0 Å². The molecule has 0 saturated carbocycles. The summed E-state index contributed by atoms with van der Waals surface area (Å²) in [6.45, 7) is 9.46. The molecule has 2 aromatic rings. The summed E-state index contributed by atoms with van der Waals surface area (Å²) in [6.07, 6.45) is 6.05. The minimum absolute atomic E-state index is 0.197. The molecule has 3 rings (SSSR count). The second-order valence-corrected chi connectivity index (χ2v) is 8.41. The Morgan fingerprint density at radius 3 is 2.24 bits per heavy atom. The maximum absolute atomic E-state index is 5.21. The van der Waals surface area contributed by atoms with Crippen molar-refractivity contribution in [3.63, 3.8) is 0 Å². The highest BCUT2D eigenvalue weighted by atomic mass is 79.9. The van der Waals surface area contributed by atoms with E-state index in [2.05, 4.69) is 61.8 Å². The van der Waals surface area contributed by atoms with Gasteiger partial charge >= 0.3 is 0 Å². The van der Waals surface area contributed by atoms with Crippen LogP contribution in [0.15, 0.2) is 41.2 Å². The summed E-state index contributed by atoms with van der Waals surface area (Å²) in [5.74, 6) is 0. The molecule has 0 spiro atoms. The molecule has 0 bridgehead atoms. The largest absolute Gasteiger partial charge is 0.472 e. The maximum atomic E-state index is 5.21. The van der Waals surface area contributed by atoms with E-state index in [1.54, 1.807) is 6.26 Å². The number of furan rings is 1. The van der Waals surface area contributed by atoms with Gasteiger partial charge in [-0.2, -0.15) is 0 Å². The molecule has 0 aliphatic heterocycles. The summed E-state index contributed by atoms with van der Waals surface area (Å²) in [5.41, 5.74) is 6.02. The van der Waals surface area contributed by atoms with Gasteiger partial charge < -0.3 is 4.42 Å². The van der Waals surface area contributed by atoms with E-state index in [1.807, 2.05) is 12.3 Å². The molecule has 1 aliphatic carbocycles. The van der Waals surface area contributed by atoms with Crippen LogP contribution in [0.2, 0.25) is 0 Å². The fraction of sp³-hybridized carbons (Fsp3) is 0.474. The number of rotatable bonds is 2. The van der Waals surface area contributed by atoms with Gasteiger partial charge in [-0.3, -0.25) is 0 Å². The normalized spacial score (nSPS) is 20.8. The highest BCUT2D eigenvalue weighted by Crippen LogP contribution is 2.47. The van der Waals surface area contributed by atoms with Crippen LogP contribution in [0.5, 0.6) is 0 Å². The molecule has 0 fully saturated rings. The van der Waals surface area contributed by atoms with E-state index in [-0.39, 0.29) is 15.7 Å². The fourth-order valence-corrected chi connectivity index (χ4v) is 3.92.